The molecule has 10 atom stereocenters. The third-order valence-corrected chi connectivity index (χ3v) is 6.57. The van der Waals surface area contributed by atoms with E-state index >= 15 is 0 Å². The van der Waals surface area contributed by atoms with Gasteiger partial charge in [0.25, 0.3) is 0 Å². The molecule has 0 aromatic carbocycles. The second kappa shape index (κ2) is 18.8. The molecular weight excluding hydrogens is 704 g/mol. The highest BCUT2D eigenvalue weighted by atomic mass is 79.9. The van der Waals surface area contributed by atoms with Gasteiger partial charge in [0.05, 0.1) is 6.61 Å². The van der Waals surface area contributed by atoms with Crippen LogP contribution in [0.1, 0.15) is 48.5 Å². The van der Waals surface area contributed by atoms with Gasteiger partial charge in [0.1, 0.15) is 31.5 Å². The molecule has 0 bridgehead atoms. The van der Waals surface area contributed by atoms with Gasteiger partial charge in [0.2, 0.25) is 0 Å². The minimum atomic E-state index is -1.76. The standard InChI is InChI=1S/C28H39BrO18/c1-12(30)38-10-19-21(40-14(3)32)23(41-15(4)33)26(44-18(7)36)28(46-19)47-22-20(11-39-13(2)31)45-27(37-9-8-29)25(43-17(6)35)24(22)42-16(5)34/h19-28H,8-11H2,1-7H3/t19-,20-,21+,22+,23+,24+,25-,26-,27+,28+/m1/s1. The number of esters is 7. The lowest BCUT2D eigenvalue weighted by Crippen LogP contribution is -2.67. The van der Waals surface area contributed by atoms with Crippen LogP contribution in [0, 0.1) is 0 Å². The number of ether oxygens (including phenoxy) is 11. The first kappa shape index (κ1) is 39.8. The Bertz CT molecular complexity index is 1140. The summed E-state index contributed by atoms with van der Waals surface area (Å²) in [6.07, 6.45) is -15.1. The lowest BCUT2D eigenvalue weighted by molar-refractivity contribution is -0.360. The van der Waals surface area contributed by atoms with Gasteiger partial charge in [-0.05, 0) is 0 Å². The molecule has 47 heavy (non-hydrogen) atoms. The van der Waals surface area contributed by atoms with E-state index in [4.69, 9.17) is 52.1 Å². The van der Waals surface area contributed by atoms with E-state index in [9.17, 15) is 33.6 Å². The first-order valence-electron chi connectivity index (χ1n) is 14.3. The minimum Gasteiger partial charge on any atom is -0.463 e. The van der Waals surface area contributed by atoms with Crippen molar-refractivity contribution in [1.82, 2.24) is 0 Å². The molecule has 2 aliphatic rings. The van der Waals surface area contributed by atoms with Crippen LogP contribution in [0.3, 0.4) is 0 Å². The number of hydrogen-bond donors (Lipinski definition) is 0. The van der Waals surface area contributed by atoms with Crippen LogP contribution in [-0.4, -0.2) is 128 Å². The minimum absolute atomic E-state index is 0.0424. The molecule has 19 heteroatoms. The first-order valence-corrected chi connectivity index (χ1v) is 15.4. The van der Waals surface area contributed by atoms with Crippen LogP contribution in [0.2, 0.25) is 0 Å². The van der Waals surface area contributed by atoms with Crippen molar-refractivity contribution in [2.75, 3.05) is 25.2 Å². The summed E-state index contributed by atoms with van der Waals surface area (Å²) in [5.74, 6) is -5.76. The summed E-state index contributed by atoms with van der Waals surface area (Å²) in [6.45, 7) is 6.50. The SMILES string of the molecule is CC(=O)OC[C@H]1O[C@@H](O[C@@H]2[C@H](OC(C)=O)[C@@H](OC(C)=O)[C@@H](OCCBr)O[C@@H]2COC(C)=O)[C@H](OC(C)=O)[C@@H](OC(C)=O)[C@H]1OC(C)=O. The highest BCUT2D eigenvalue weighted by molar-refractivity contribution is 9.09. The second-order valence-corrected chi connectivity index (χ2v) is 11.0. The normalized spacial score (nSPS) is 30.2. The van der Waals surface area contributed by atoms with Crippen molar-refractivity contribution in [3.63, 3.8) is 0 Å². The molecule has 18 nitrogen and oxygen atoms in total. The van der Waals surface area contributed by atoms with Crippen molar-refractivity contribution in [2.45, 2.75) is 110 Å². The van der Waals surface area contributed by atoms with Crippen LogP contribution in [0.5, 0.6) is 0 Å². The molecule has 0 radical (unpaired) electrons. The lowest BCUT2D eigenvalue weighted by Gasteiger charge is -2.48. The van der Waals surface area contributed by atoms with Gasteiger partial charge in [0, 0.05) is 53.8 Å². The van der Waals surface area contributed by atoms with Gasteiger partial charge in [-0.25, -0.2) is 0 Å². The van der Waals surface area contributed by atoms with E-state index in [2.05, 4.69) is 15.9 Å². The predicted molar refractivity (Wildman–Crippen MR) is 153 cm³/mol. The molecule has 0 N–H and O–H groups in total. The fourth-order valence-corrected chi connectivity index (χ4v) is 4.95. The molecule has 0 spiro atoms. The van der Waals surface area contributed by atoms with Crippen LogP contribution in [0.15, 0.2) is 0 Å². The maximum atomic E-state index is 12.4. The smallest absolute Gasteiger partial charge is 0.303 e. The molecule has 2 fully saturated rings. The van der Waals surface area contributed by atoms with E-state index in [0.717, 1.165) is 48.5 Å². The van der Waals surface area contributed by atoms with Crippen molar-refractivity contribution in [3.05, 3.63) is 0 Å². The van der Waals surface area contributed by atoms with Gasteiger partial charge in [-0.3, -0.25) is 33.6 Å². The summed E-state index contributed by atoms with van der Waals surface area (Å²) in [6, 6.07) is 0. The van der Waals surface area contributed by atoms with Crippen molar-refractivity contribution >= 4 is 57.7 Å². The topological polar surface area (TPSA) is 221 Å². The molecule has 2 rings (SSSR count). The third-order valence-electron chi connectivity index (χ3n) is 6.24. The zero-order chi connectivity index (χ0) is 35.4. The molecule has 2 saturated heterocycles. The van der Waals surface area contributed by atoms with Crippen molar-refractivity contribution in [3.8, 4) is 0 Å². The monoisotopic (exact) mass is 742 g/mol. The Morgan fingerprint density at radius 3 is 1.28 bits per heavy atom. The van der Waals surface area contributed by atoms with Gasteiger partial charge in [-0.1, -0.05) is 15.9 Å². The van der Waals surface area contributed by atoms with Crippen LogP contribution < -0.4 is 0 Å². The summed E-state index contributed by atoms with van der Waals surface area (Å²) < 4.78 is 61.5. The lowest BCUT2D eigenvalue weighted by atomic mass is 9.96. The second-order valence-electron chi connectivity index (χ2n) is 10.2. The van der Waals surface area contributed by atoms with Crippen molar-refractivity contribution in [2.24, 2.45) is 0 Å². The number of rotatable bonds is 14. The Hall–Kier alpha value is -3.39. The van der Waals surface area contributed by atoms with Gasteiger partial charge >= 0.3 is 41.8 Å². The highest BCUT2D eigenvalue weighted by Gasteiger charge is 2.57. The van der Waals surface area contributed by atoms with Crippen LogP contribution in [-0.2, 0) is 85.7 Å². The van der Waals surface area contributed by atoms with E-state index < -0.39 is 116 Å². The fraction of sp³-hybridized carbons (Fsp3) is 0.750. The Labute approximate surface area is 278 Å². The van der Waals surface area contributed by atoms with Crippen LogP contribution >= 0.6 is 15.9 Å². The van der Waals surface area contributed by atoms with Gasteiger partial charge in [-0.2, -0.15) is 0 Å². The highest BCUT2D eigenvalue weighted by Crippen LogP contribution is 2.35. The number of hydrogen-bond acceptors (Lipinski definition) is 18. The Morgan fingerprint density at radius 1 is 0.489 bits per heavy atom. The summed E-state index contributed by atoms with van der Waals surface area (Å²) >= 11 is 3.22. The molecule has 0 aromatic rings. The third kappa shape index (κ3) is 12.6. The van der Waals surface area contributed by atoms with Gasteiger partial charge in [0.15, 0.2) is 43.1 Å². The Balaban J connectivity index is 2.71. The first-order chi connectivity index (χ1) is 22.0. The molecule has 0 aliphatic carbocycles. The number of carbonyl (C=O) groups is 7. The molecule has 0 unspecified atom stereocenters. The molecule has 0 saturated carbocycles. The summed E-state index contributed by atoms with van der Waals surface area (Å²) in [4.78, 5) is 84.6. The van der Waals surface area contributed by atoms with Crippen molar-refractivity contribution < 1.29 is 85.7 Å². The molecule has 266 valence electrons. The van der Waals surface area contributed by atoms with E-state index in [1.807, 2.05) is 0 Å². The molecule has 0 amide bonds. The predicted octanol–water partition coefficient (Wildman–Crippen LogP) is 0.0176. The van der Waals surface area contributed by atoms with Gasteiger partial charge < -0.3 is 52.1 Å². The average Bonchev–Trinajstić information content (AvgIpc) is 2.94. The average molecular weight is 744 g/mol. The van der Waals surface area contributed by atoms with E-state index in [1.165, 1.54) is 0 Å². The fourth-order valence-electron chi connectivity index (χ4n) is 4.77. The van der Waals surface area contributed by atoms with E-state index in [1.54, 1.807) is 0 Å². The molecule has 2 heterocycles. The summed E-state index contributed by atoms with van der Waals surface area (Å²) in [5, 5.41) is 0.331. The molecule has 2 aliphatic heterocycles. The maximum Gasteiger partial charge on any atom is 0.303 e. The number of alkyl halides is 1. The zero-order valence-corrected chi connectivity index (χ0v) is 28.4. The number of halogens is 1. The van der Waals surface area contributed by atoms with Crippen molar-refractivity contribution in [1.29, 1.82) is 0 Å². The zero-order valence-electron chi connectivity index (χ0n) is 26.8. The van der Waals surface area contributed by atoms with Gasteiger partial charge in [-0.15, -0.1) is 0 Å². The molecular formula is C28H39BrO18. The summed E-state index contributed by atoms with van der Waals surface area (Å²) in [7, 11) is 0. The Morgan fingerprint density at radius 2 is 0.851 bits per heavy atom. The van der Waals surface area contributed by atoms with Crippen LogP contribution in [0.4, 0.5) is 0 Å². The van der Waals surface area contributed by atoms with E-state index in [-0.39, 0.29) is 6.61 Å². The van der Waals surface area contributed by atoms with E-state index in [0.29, 0.717) is 5.33 Å². The summed E-state index contributed by atoms with van der Waals surface area (Å²) in [5.41, 5.74) is 0. The molecule has 0 aromatic heterocycles. The largest absolute Gasteiger partial charge is 0.463 e. The van der Waals surface area contributed by atoms with Crippen LogP contribution in [0.25, 0.3) is 0 Å². The quantitative estimate of drug-likeness (QED) is 0.130. The Kier molecular flexibility index (Phi) is 15.9. The number of carbonyl (C=O) groups excluding carboxylic acids is 7. The maximum absolute atomic E-state index is 12.4.